The lowest BCUT2D eigenvalue weighted by atomic mass is 10.0. The molecule has 0 bridgehead atoms. The van der Waals surface area contributed by atoms with Crippen LogP contribution in [-0.2, 0) is 24.0 Å². The van der Waals surface area contributed by atoms with Crippen LogP contribution >= 0.6 is 27.7 Å². The number of carboxylic acid groups (broad SMARTS) is 1. The molecule has 0 unspecified atom stereocenters. The number of amides is 2. The highest BCUT2D eigenvalue weighted by Gasteiger charge is 2.55. The van der Waals surface area contributed by atoms with Crippen LogP contribution < -0.4 is 5.32 Å². The zero-order chi connectivity index (χ0) is 22.1. The number of rotatable bonds is 8. The summed E-state index contributed by atoms with van der Waals surface area (Å²) in [5.41, 5.74) is 0.299. The second-order valence-corrected chi connectivity index (χ2v) is 9.40. The molecule has 0 saturated carbocycles. The summed E-state index contributed by atoms with van der Waals surface area (Å²) in [4.78, 5) is 54.8. The van der Waals surface area contributed by atoms with Crippen molar-refractivity contribution in [2.24, 2.45) is 5.16 Å². The molecule has 0 spiro atoms. The first-order chi connectivity index (χ1) is 14.2. The lowest BCUT2D eigenvalue weighted by molar-refractivity contribution is -0.893. The lowest BCUT2D eigenvalue weighted by Gasteiger charge is -2.49. The first-order valence-corrected chi connectivity index (χ1v) is 11.6. The van der Waals surface area contributed by atoms with Crippen molar-refractivity contribution >= 4 is 57.0 Å². The van der Waals surface area contributed by atoms with Gasteiger partial charge in [0.05, 0.1) is 25.5 Å². The van der Waals surface area contributed by atoms with Gasteiger partial charge in [-0.2, -0.15) is 0 Å². The monoisotopic (exact) mass is 503 g/mol. The SMILES string of the molecule is CO/N=C(/C(=O)CBr)C(=O)N[C@@H]1C(=O)N2C(C(=O)O)=C(C[N+]3(C)CCCC3)CS[C@H]12. The summed E-state index contributed by atoms with van der Waals surface area (Å²) >= 11 is 4.38. The number of carboxylic acids is 1. The third kappa shape index (κ3) is 4.26. The molecule has 164 valence electrons. The number of oxime groups is 1. The molecular weight excluding hydrogens is 480 g/mol. The molecule has 3 aliphatic heterocycles. The molecule has 30 heavy (non-hydrogen) atoms. The maximum Gasteiger partial charge on any atom is 0.352 e. The molecule has 2 amide bonds. The quantitative estimate of drug-likeness (QED) is 0.118. The van der Waals surface area contributed by atoms with Crippen LogP contribution in [0.4, 0.5) is 0 Å². The third-order valence-electron chi connectivity index (χ3n) is 5.54. The van der Waals surface area contributed by atoms with Gasteiger partial charge in [0.15, 0.2) is 0 Å². The van der Waals surface area contributed by atoms with Crippen LogP contribution in [0.15, 0.2) is 16.4 Å². The van der Waals surface area contributed by atoms with Crippen molar-refractivity contribution in [3.05, 3.63) is 11.3 Å². The average molecular weight is 504 g/mol. The van der Waals surface area contributed by atoms with Gasteiger partial charge in [0.25, 0.3) is 11.8 Å². The number of thioether (sulfide) groups is 1. The molecule has 0 aromatic rings. The van der Waals surface area contributed by atoms with Gasteiger partial charge in [-0.1, -0.05) is 21.1 Å². The van der Waals surface area contributed by atoms with Gasteiger partial charge in [0.2, 0.25) is 11.5 Å². The number of carbonyl (C=O) groups excluding carboxylic acids is 3. The van der Waals surface area contributed by atoms with Gasteiger partial charge in [-0.3, -0.25) is 19.3 Å². The molecule has 0 aliphatic carbocycles. The van der Waals surface area contributed by atoms with Crippen molar-refractivity contribution in [3.8, 4) is 0 Å². The first-order valence-electron chi connectivity index (χ1n) is 9.47. The lowest BCUT2D eigenvalue weighted by Crippen LogP contribution is -2.71. The number of ketones is 1. The Balaban J connectivity index is 1.77. The van der Waals surface area contributed by atoms with E-state index in [1.165, 1.54) is 23.8 Å². The molecule has 3 aliphatic rings. The van der Waals surface area contributed by atoms with Crippen LogP contribution in [0.3, 0.4) is 0 Å². The van der Waals surface area contributed by atoms with Gasteiger partial charge in [-0.15, -0.1) is 11.8 Å². The molecule has 10 nitrogen and oxygen atoms in total. The van der Waals surface area contributed by atoms with E-state index in [2.05, 4.69) is 38.3 Å². The molecule has 2 N–H and O–H groups in total. The van der Waals surface area contributed by atoms with E-state index in [-0.39, 0.29) is 11.0 Å². The molecule has 12 heteroatoms. The van der Waals surface area contributed by atoms with Gasteiger partial charge in [-0.25, -0.2) is 4.79 Å². The number of carbonyl (C=O) groups is 4. The molecule has 2 atom stereocenters. The first kappa shape index (κ1) is 22.8. The largest absolute Gasteiger partial charge is 0.477 e. The van der Waals surface area contributed by atoms with E-state index in [0.717, 1.165) is 36.0 Å². The predicted octanol–water partition coefficient (Wildman–Crippen LogP) is -0.0682. The van der Waals surface area contributed by atoms with Crippen molar-refractivity contribution in [2.45, 2.75) is 24.3 Å². The Morgan fingerprint density at radius 3 is 2.60 bits per heavy atom. The Morgan fingerprint density at radius 1 is 1.37 bits per heavy atom. The van der Waals surface area contributed by atoms with Crippen LogP contribution in [-0.4, -0.2) is 100 Å². The fourth-order valence-electron chi connectivity index (χ4n) is 4.11. The minimum Gasteiger partial charge on any atom is -0.477 e. The molecule has 3 heterocycles. The van der Waals surface area contributed by atoms with Crippen molar-refractivity contribution in [3.63, 3.8) is 0 Å². The highest BCUT2D eigenvalue weighted by Crippen LogP contribution is 2.41. The second-order valence-electron chi connectivity index (χ2n) is 7.73. The molecule has 0 aromatic heterocycles. The number of Topliss-reactive ketones (excluding diaryl/α,β-unsaturated/α-hetero) is 1. The number of aliphatic carboxylic acids is 1. The van der Waals surface area contributed by atoms with Crippen molar-refractivity contribution in [1.82, 2.24) is 10.2 Å². The number of alkyl halides is 1. The molecule has 0 radical (unpaired) electrons. The van der Waals surface area contributed by atoms with Crippen LogP contribution in [0.5, 0.6) is 0 Å². The van der Waals surface area contributed by atoms with Gasteiger partial charge >= 0.3 is 5.97 Å². The summed E-state index contributed by atoms with van der Waals surface area (Å²) in [6.07, 6.45) is 2.22. The Kier molecular flexibility index (Phi) is 6.88. The number of hydrogen-bond acceptors (Lipinski definition) is 7. The summed E-state index contributed by atoms with van der Waals surface area (Å²) in [7, 11) is 3.31. The smallest absolute Gasteiger partial charge is 0.352 e. The van der Waals surface area contributed by atoms with Gasteiger partial charge in [0, 0.05) is 24.2 Å². The van der Waals surface area contributed by atoms with Crippen molar-refractivity contribution < 1.29 is 33.6 Å². The predicted molar refractivity (Wildman–Crippen MR) is 113 cm³/mol. The number of hydrogen-bond donors (Lipinski definition) is 2. The Labute approximate surface area is 186 Å². The standard InChI is InChI=1S/C18H23BrN4O6S/c1-23(5-3-4-6-23)8-10-9-30-17-13(16(26)22(17)14(10)18(27)28)20-15(25)12(21-29-2)11(24)7-19/h13,17H,3-9H2,1-2H3,(H-,20,25,27,28)/p+1/b21-12-/t13-,17-/m1/s1. The summed E-state index contributed by atoms with van der Waals surface area (Å²) in [6.45, 7) is 2.56. The Morgan fingerprint density at radius 2 is 2.03 bits per heavy atom. The average Bonchev–Trinajstić information content (AvgIpc) is 3.14. The van der Waals surface area contributed by atoms with Gasteiger partial charge in [-0.05, 0) is 0 Å². The third-order valence-corrected chi connectivity index (χ3v) is 7.39. The summed E-state index contributed by atoms with van der Waals surface area (Å²) in [5.74, 6) is -2.61. The highest BCUT2D eigenvalue weighted by atomic mass is 79.9. The number of likely N-dealkylation sites (tertiary alicyclic amines) is 1. The molecular formula is C18H24BrN4O6S+. The number of nitrogens with zero attached hydrogens (tertiary/aromatic N) is 3. The zero-order valence-electron chi connectivity index (χ0n) is 16.7. The van der Waals surface area contributed by atoms with Crippen LogP contribution in [0, 0.1) is 0 Å². The van der Waals surface area contributed by atoms with E-state index in [9.17, 15) is 24.3 Å². The molecule has 3 rings (SSSR count). The van der Waals surface area contributed by atoms with Crippen LogP contribution in [0.2, 0.25) is 0 Å². The zero-order valence-corrected chi connectivity index (χ0v) is 19.1. The van der Waals surface area contributed by atoms with E-state index < -0.39 is 40.7 Å². The minimum absolute atomic E-state index is 0.0165. The van der Waals surface area contributed by atoms with E-state index in [1.807, 2.05) is 0 Å². The summed E-state index contributed by atoms with van der Waals surface area (Å²) in [5, 5.41) is 15.1. The molecule has 2 saturated heterocycles. The Bertz CT molecular complexity index is 839. The number of fused-ring (bicyclic) bond motifs is 1. The topological polar surface area (TPSA) is 125 Å². The number of β-lactam (4-membered cyclic amide) rings is 1. The fourth-order valence-corrected chi connectivity index (χ4v) is 5.71. The molecule has 2 fully saturated rings. The summed E-state index contributed by atoms with van der Waals surface area (Å²) in [6, 6.07) is -0.930. The van der Waals surface area contributed by atoms with Crippen molar-refractivity contribution in [1.29, 1.82) is 0 Å². The van der Waals surface area contributed by atoms with Crippen molar-refractivity contribution in [2.75, 3.05) is 44.9 Å². The maximum absolute atomic E-state index is 12.8. The molecule has 0 aromatic carbocycles. The fraction of sp³-hybridized carbons (Fsp3) is 0.611. The Hall–Kier alpha value is -1.92. The minimum atomic E-state index is -1.14. The number of halogens is 1. The number of quaternary nitrogens is 1. The second kappa shape index (κ2) is 9.06. The highest BCUT2D eigenvalue weighted by molar-refractivity contribution is 9.09. The van der Waals surface area contributed by atoms with E-state index >= 15 is 0 Å². The van der Waals surface area contributed by atoms with Gasteiger partial charge < -0.3 is 19.7 Å². The van der Waals surface area contributed by atoms with Crippen LogP contribution in [0.25, 0.3) is 0 Å². The van der Waals surface area contributed by atoms with E-state index in [1.54, 1.807) is 0 Å². The van der Waals surface area contributed by atoms with E-state index in [4.69, 9.17) is 0 Å². The van der Waals surface area contributed by atoms with Gasteiger partial charge in [0.1, 0.15) is 30.8 Å². The number of nitrogens with one attached hydrogen (secondary N) is 1. The van der Waals surface area contributed by atoms with Crippen LogP contribution in [0.1, 0.15) is 12.8 Å². The normalized spacial score (nSPS) is 25.5. The maximum atomic E-state index is 12.8. The van der Waals surface area contributed by atoms with E-state index in [0.29, 0.717) is 12.3 Å². The number of likely N-dealkylation sites (N-methyl/N-ethyl adjacent to an activating group) is 1. The summed E-state index contributed by atoms with van der Waals surface area (Å²) < 4.78 is 0.769.